The van der Waals surface area contributed by atoms with Crippen molar-refractivity contribution in [3.8, 4) is 0 Å². The third-order valence-corrected chi connectivity index (χ3v) is 6.04. The van der Waals surface area contributed by atoms with Crippen LogP contribution in [0.25, 0.3) is 0 Å². The van der Waals surface area contributed by atoms with E-state index in [1.807, 2.05) is 0 Å². The molecule has 0 aromatic rings. The molecule has 0 spiro atoms. The lowest BCUT2D eigenvalue weighted by atomic mass is 9.86. The Morgan fingerprint density at radius 3 is 2.53 bits per heavy atom. The molecule has 0 aromatic heterocycles. The molecule has 19 heavy (non-hydrogen) atoms. The summed E-state index contributed by atoms with van der Waals surface area (Å²) in [5, 5.41) is 0. The zero-order valence-electron chi connectivity index (χ0n) is 11.8. The van der Waals surface area contributed by atoms with Crippen LogP contribution in [0.2, 0.25) is 0 Å². The summed E-state index contributed by atoms with van der Waals surface area (Å²) in [6.07, 6.45) is 6.17. The van der Waals surface area contributed by atoms with Crippen molar-refractivity contribution in [2.24, 2.45) is 17.6 Å². The molecule has 1 heterocycles. The van der Waals surface area contributed by atoms with Gasteiger partial charge in [0.1, 0.15) is 0 Å². The van der Waals surface area contributed by atoms with Crippen LogP contribution in [0, 0.1) is 11.8 Å². The van der Waals surface area contributed by atoms with Crippen molar-refractivity contribution in [1.82, 2.24) is 9.03 Å². The van der Waals surface area contributed by atoms with Crippen LogP contribution in [-0.2, 0) is 10.2 Å². The normalized spacial score (nSPS) is 31.5. The van der Waals surface area contributed by atoms with Gasteiger partial charge in [0.25, 0.3) is 10.2 Å². The SMILES string of the molecule is CC1CCN(S(=O)(=O)NCC2CCCC(N)C2)CC1. The maximum absolute atomic E-state index is 12.2. The van der Waals surface area contributed by atoms with E-state index in [0.717, 1.165) is 38.5 Å². The van der Waals surface area contributed by atoms with Gasteiger partial charge in [-0.15, -0.1) is 0 Å². The van der Waals surface area contributed by atoms with Crippen molar-refractivity contribution < 1.29 is 8.42 Å². The van der Waals surface area contributed by atoms with Gasteiger partial charge in [0.2, 0.25) is 0 Å². The molecule has 0 amide bonds. The van der Waals surface area contributed by atoms with Crippen molar-refractivity contribution in [2.75, 3.05) is 19.6 Å². The maximum atomic E-state index is 12.2. The van der Waals surface area contributed by atoms with Gasteiger partial charge in [-0.3, -0.25) is 0 Å². The monoisotopic (exact) mass is 289 g/mol. The van der Waals surface area contributed by atoms with Gasteiger partial charge in [-0.2, -0.15) is 12.7 Å². The largest absolute Gasteiger partial charge is 0.328 e. The molecule has 112 valence electrons. The van der Waals surface area contributed by atoms with Crippen LogP contribution >= 0.6 is 0 Å². The minimum atomic E-state index is -3.28. The molecular formula is C13H27N3O2S. The van der Waals surface area contributed by atoms with Gasteiger partial charge in [-0.1, -0.05) is 13.3 Å². The molecule has 2 unspecified atom stereocenters. The molecule has 2 fully saturated rings. The predicted octanol–water partition coefficient (Wildman–Crippen LogP) is 1.07. The quantitative estimate of drug-likeness (QED) is 0.813. The van der Waals surface area contributed by atoms with Gasteiger partial charge in [-0.05, 0) is 43.9 Å². The molecule has 1 saturated carbocycles. The molecular weight excluding hydrogens is 262 g/mol. The summed E-state index contributed by atoms with van der Waals surface area (Å²) in [7, 11) is -3.28. The van der Waals surface area contributed by atoms with Gasteiger partial charge in [0, 0.05) is 25.7 Å². The Hall–Kier alpha value is -0.170. The van der Waals surface area contributed by atoms with Crippen molar-refractivity contribution in [3.63, 3.8) is 0 Å². The summed E-state index contributed by atoms with van der Waals surface area (Å²) in [5.74, 6) is 1.05. The molecule has 2 atom stereocenters. The number of nitrogens with one attached hydrogen (secondary N) is 1. The average Bonchev–Trinajstić information content (AvgIpc) is 2.37. The summed E-state index contributed by atoms with van der Waals surface area (Å²) in [5.41, 5.74) is 5.93. The van der Waals surface area contributed by atoms with Crippen LogP contribution in [0.1, 0.15) is 45.4 Å². The summed E-state index contributed by atoms with van der Waals surface area (Å²) < 4.78 is 28.8. The molecule has 2 rings (SSSR count). The Bertz CT molecular complexity index is 377. The maximum Gasteiger partial charge on any atom is 0.279 e. The summed E-state index contributed by atoms with van der Waals surface area (Å²) in [6.45, 7) is 4.03. The number of hydrogen-bond acceptors (Lipinski definition) is 3. The van der Waals surface area contributed by atoms with Crippen molar-refractivity contribution in [3.05, 3.63) is 0 Å². The Kier molecular flexibility index (Phi) is 5.22. The van der Waals surface area contributed by atoms with Crippen LogP contribution in [0.15, 0.2) is 0 Å². The minimum absolute atomic E-state index is 0.249. The van der Waals surface area contributed by atoms with Gasteiger partial charge in [0.05, 0.1) is 0 Å². The van der Waals surface area contributed by atoms with Gasteiger partial charge in [-0.25, -0.2) is 4.72 Å². The van der Waals surface area contributed by atoms with Crippen molar-refractivity contribution in [1.29, 1.82) is 0 Å². The zero-order valence-corrected chi connectivity index (χ0v) is 12.7. The summed E-state index contributed by atoms with van der Waals surface area (Å²) in [6, 6.07) is 0.249. The van der Waals surface area contributed by atoms with Crippen LogP contribution in [0.3, 0.4) is 0 Å². The predicted molar refractivity (Wildman–Crippen MR) is 76.8 cm³/mol. The fourth-order valence-electron chi connectivity index (χ4n) is 3.06. The average molecular weight is 289 g/mol. The Morgan fingerprint density at radius 1 is 1.21 bits per heavy atom. The lowest BCUT2D eigenvalue weighted by molar-refractivity contribution is 0.279. The first-order chi connectivity index (χ1) is 8.97. The molecule has 1 saturated heterocycles. The fourth-order valence-corrected chi connectivity index (χ4v) is 4.38. The molecule has 1 aliphatic carbocycles. The van der Waals surface area contributed by atoms with Gasteiger partial charge in [0.15, 0.2) is 0 Å². The van der Waals surface area contributed by atoms with E-state index in [4.69, 9.17) is 5.73 Å². The van der Waals surface area contributed by atoms with Gasteiger partial charge < -0.3 is 5.73 Å². The van der Waals surface area contributed by atoms with Crippen molar-refractivity contribution in [2.45, 2.75) is 51.5 Å². The summed E-state index contributed by atoms with van der Waals surface area (Å²) >= 11 is 0. The first-order valence-electron chi connectivity index (χ1n) is 7.47. The third kappa shape index (κ3) is 4.41. The van der Waals surface area contributed by atoms with Crippen LogP contribution < -0.4 is 10.5 Å². The highest BCUT2D eigenvalue weighted by atomic mass is 32.2. The lowest BCUT2D eigenvalue weighted by Gasteiger charge is -2.31. The van der Waals surface area contributed by atoms with Crippen molar-refractivity contribution >= 4 is 10.2 Å². The molecule has 1 aliphatic heterocycles. The van der Waals surface area contributed by atoms with Crippen LogP contribution in [0.4, 0.5) is 0 Å². The Morgan fingerprint density at radius 2 is 1.89 bits per heavy atom. The highest BCUT2D eigenvalue weighted by Gasteiger charge is 2.27. The van der Waals surface area contributed by atoms with E-state index in [0.29, 0.717) is 31.5 Å². The van der Waals surface area contributed by atoms with E-state index in [1.54, 1.807) is 4.31 Å². The molecule has 3 N–H and O–H groups in total. The van der Waals surface area contributed by atoms with E-state index in [-0.39, 0.29) is 6.04 Å². The Labute approximate surface area is 117 Å². The third-order valence-electron chi connectivity index (χ3n) is 4.46. The molecule has 2 aliphatic rings. The van der Waals surface area contributed by atoms with E-state index in [1.165, 1.54) is 0 Å². The number of hydrogen-bond donors (Lipinski definition) is 2. The fraction of sp³-hybridized carbons (Fsp3) is 1.00. The van der Waals surface area contributed by atoms with E-state index >= 15 is 0 Å². The van der Waals surface area contributed by atoms with Gasteiger partial charge >= 0.3 is 0 Å². The molecule has 0 aromatic carbocycles. The highest BCUT2D eigenvalue weighted by molar-refractivity contribution is 7.87. The second kappa shape index (κ2) is 6.52. The van der Waals surface area contributed by atoms with E-state index in [9.17, 15) is 8.42 Å². The first-order valence-corrected chi connectivity index (χ1v) is 8.91. The second-order valence-corrected chi connectivity index (χ2v) is 7.98. The smallest absolute Gasteiger partial charge is 0.279 e. The highest BCUT2D eigenvalue weighted by Crippen LogP contribution is 2.23. The lowest BCUT2D eigenvalue weighted by Crippen LogP contribution is -2.46. The summed E-state index contributed by atoms with van der Waals surface area (Å²) in [4.78, 5) is 0. The Balaban J connectivity index is 1.80. The second-order valence-electron chi connectivity index (χ2n) is 6.23. The number of rotatable bonds is 4. The van der Waals surface area contributed by atoms with Crippen LogP contribution in [0.5, 0.6) is 0 Å². The number of nitrogens with two attached hydrogens (primary N) is 1. The standard InChI is InChI=1S/C13H27N3O2S/c1-11-5-7-16(8-6-11)19(17,18)15-10-12-3-2-4-13(14)9-12/h11-13,15H,2-10,14H2,1H3. The van der Waals surface area contributed by atoms with E-state index in [2.05, 4.69) is 11.6 Å². The molecule has 0 radical (unpaired) electrons. The topological polar surface area (TPSA) is 75.4 Å². The minimum Gasteiger partial charge on any atom is -0.328 e. The molecule has 0 bridgehead atoms. The zero-order chi connectivity index (χ0) is 13.9. The molecule has 5 nitrogen and oxygen atoms in total. The molecule has 6 heteroatoms. The van der Waals surface area contributed by atoms with E-state index < -0.39 is 10.2 Å². The number of piperidine rings is 1. The number of nitrogens with zero attached hydrogens (tertiary/aromatic N) is 1. The van der Waals surface area contributed by atoms with Crippen LogP contribution in [-0.4, -0.2) is 38.4 Å². The first kappa shape index (κ1) is 15.2.